The Hall–Kier alpha value is -4.77. The molecule has 0 amide bonds. The summed E-state index contributed by atoms with van der Waals surface area (Å²) in [4.78, 5) is 24.7. The molecular weight excluding hydrogens is 615 g/mol. The molecule has 4 aromatic carbocycles. The average molecular weight is 634 g/mol. The van der Waals surface area contributed by atoms with Crippen molar-refractivity contribution in [2.75, 3.05) is 5.53 Å². The van der Waals surface area contributed by atoms with E-state index in [9.17, 15) is 0 Å². The van der Waals surface area contributed by atoms with Crippen molar-refractivity contribution in [2.45, 2.75) is 21.6 Å². The second-order valence-electron chi connectivity index (χ2n) is 11.9. The Morgan fingerprint density at radius 2 is 0.889 bits per heavy atom. The van der Waals surface area contributed by atoms with Crippen LogP contribution in [-0.4, -0.2) is 29.3 Å². The van der Waals surface area contributed by atoms with Gasteiger partial charge in [0.05, 0.1) is 22.8 Å². The molecule has 212 valence electrons. The number of aromatic nitrogens is 6. The molecule has 10 heteroatoms. The van der Waals surface area contributed by atoms with Crippen molar-refractivity contribution in [1.82, 2.24) is 29.3 Å². The first kappa shape index (κ1) is 24.5. The van der Waals surface area contributed by atoms with E-state index in [0.29, 0.717) is 0 Å². The number of thiol groups is 3. The second kappa shape index (κ2) is 8.08. The fourth-order valence-corrected chi connectivity index (χ4v) is 7.97. The lowest BCUT2D eigenvalue weighted by molar-refractivity contribution is 0.811. The number of nitrogens with zero attached hydrogens (tertiary/aromatic N) is 6. The lowest BCUT2D eigenvalue weighted by atomic mass is 10.1. The summed E-state index contributed by atoms with van der Waals surface area (Å²) in [6.45, 7) is 2.12. The van der Waals surface area contributed by atoms with Gasteiger partial charge in [-0.3, -0.25) is 0 Å². The van der Waals surface area contributed by atoms with Crippen LogP contribution in [-0.2, 0) is 0 Å². The summed E-state index contributed by atoms with van der Waals surface area (Å²) in [5.41, 5.74) is 15.2. The van der Waals surface area contributed by atoms with Crippen molar-refractivity contribution < 1.29 is 0 Å². The highest BCUT2D eigenvalue weighted by Crippen LogP contribution is 2.53. The molecule has 0 saturated carbocycles. The van der Waals surface area contributed by atoms with Crippen LogP contribution in [0.4, 0.5) is 0 Å². The van der Waals surface area contributed by atoms with E-state index in [2.05, 4.69) is 67.1 Å². The van der Waals surface area contributed by atoms with Gasteiger partial charge in [0.2, 0.25) is 0 Å². The zero-order chi connectivity index (χ0) is 29.9. The number of hydrogen-bond acceptors (Lipinski definition) is 8. The van der Waals surface area contributed by atoms with Crippen LogP contribution in [0.5, 0.6) is 0 Å². The van der Waals surface area contributed by atoms with Crippen molar-refractivity contribution in [3.63, 3.8) is 0 Å². The number of hydrogen-bond donors (Lipinski definition) is 4. The minimum absolute atomic E-state index is 0.726. The fourth-order valence-electron chi connectivity index (χ4n) is 7.36. The molecule has 45 heavy (non-hydrogen) atoms. The predicted octanol–water partition coefficient (Wildman–Crippen LogP) is 8.55. The average Bonchev–Trinajstić information content (AvgIpc) is 3.67. The molecular formula is C35H19N7S3. The largest absolute Gasteiger partial charge is 0.227 e. The van der Waals surface area contributed by atoms with Gasteiger partial charge in [0.25, 0.3) is 0 Å². The monoisotopic (exact) mass is 633 g/mol. The summed E-state index contributed by atoms with van der Waals surface area (Å²) in [6, 6.07) is 25.0. The van der Waals surface area contributed by atoms with Crippen molar-refractivity contribution in [2.24, 2.45) is 0 Å². The molecule has 12 rings (SSSR count). The highest BCUT2D eigenvalue weighted by molar-refractivity contribution is 7.80. The summed E-state index contributed by atoms with van der Waals surface area (Å²) in [5, 5.41) is 5.69. The number of fused-ring (bicyclic) bond motifs is 4. The Kier molecular flexibility index (Phi) is 4.41. The highest BCUT2D eigenvalue weighted by Gasteiger charge is 2.33. The third-order valence-corrected chi connectivity index (χ3v) is 10.1. The molecule has 4 aromatic heterocycles. The standard InChI is InChI=1S/C35H19N7S3/c1-14-2-6-18-22(10-14)30-26-27-29-19-7-3-15(43)11-23(19)31(27)39-35-25-13-17(45)5-9-21(25)33(38-30)42(35)40-41-32(36-28(18)26)20-8-4-16(44)12-24(20)34(41)37-29/h2-13,40,43-45H,1H3. The van der Waals surface area contributed by atoms with Crippen LogP contribution in [0.1, 0.15) is 5.56 Å². The summed E-state index contributed by atoms with van der Waals surface area (Å²) < 4.78 is 3.95. The van der Waals surface area contributed by atoms with Crippen LogP contribution in [0.25, 0.3) is 99.9 Å². The maximum absolute atomic E-state index is 5.54. The highest BCUT2D eigenvalue weighted by atomic mass is 32.1. The van der Waals surface area contributed by atoms with E-state index in [-0.39, 0.29) is 0 Å². The van der Waals surface area contributed by atoms with Gasteiger partial charge >= 0.3 is 0 Å². The Labute approximate surface area is 271 Å². The zero-order valence-corrected chi connectivity index (χ0v) is 26.1. The third kappa shape index (κ3) is 2.97. The molecule has 6 heterocycles. The van der Waals surface area contributed by atoms with Gasteiger partial charge in [-0.25, -0.2) is 34.8 Å². The van der Waals surface area contributed by atoms with E-state index >= 15 is 0 Å². The van der Waals surface area contributed by atoms with Crippen LogP contribution in [0.3, 0.4) is 0 Å². The van der Waals surface area contributed by atoms with E-state index in [1.165, 1.54) is 0 Å². The van der Waals surface area contributed by atoms with E-state index < -0.39 is 0 Å². The van der Waals surface area contributed by atoms with E-state index in [1.807, 2.05) is 27.6 Å². The predicted molar refractivity (Wildman–Crippen MR) is 189 cm³/mol. The SMILES string of the molecule is Cc1ccc2c(c1)-c1nc3c4ccc(S)cc4c4nc5c6c(nc7c8cc(S)ccc8c(nc-2c16)n7Nn34)-c1ccc(S)cc1-5. The molecule has 12 bridgehead atoms. The first-order valence-corrected chi connectivity index (χ1v) is 15.8. The summed E-state index contributed by atoms with van der Waals surface area (Å²) in [6.07, 6.45) is 0. The van der Waals surface area contributed by atoms with Crippen LogP contribution in [0, 0.1) is 6.92 Å². The molecule has 8 aromatic rings. The Bertz CT molecular complexity index is 2850. The van der Waals surface area contributed by atoms with E-state index in [0.717, 1.165) is 120 Å². The van der Waals surface area contributed by atoms with Crippen LogP contribution >= 0.6 is 37.9 Å². The number of aryl methyl sites for hydroxylation is 1. The van der Waals surface area contributed by atoms with Crippen LogP contribution in [0.15, 0.2) is 87.5 Å². The zero-order valence-electron chi connectivity index (χ0n) is 23.5. The summed E-state index contributed by atoms with van der Waals surface area (Å²) >= 11 is 14.2. The maximum atomic E-state index is 5.54. The topological polar surface area (TPSA) is 73.4 Å². The minimum atomic E-state index is 0.726. The molecule has 7 nitrogen and oxygen atoms in total. The molecule has 0 radical (unpaired) electrons. The number of nitrogens with one attached hydrogen (secondary N) is 1. The minimum Gasteiger partial charge on any atom is -0.227 e. The lowest BCUT2D eigenvalue weighted by Crippen LogP contribution is -2.22. The van der Waals surface area contributed by atoms with Gasteiger partial charge in [-0.2, -0.15) is 0 Å². The smallest absolute Gasteiger partial charge is 0.163 e. The molecule has 2 aliphatic heterocycles. The van der Waals surface area contributed by atoms with Crippen molar-refractivity contribution in [1.29, 1.82) is 0 Å². The molecule has 0 fully saturated rings. The Balaban J connectivity index is 1.58. The van der Waals surface area contributed by atoms with Gasteiger partial charge in [-0.05, 0) is 61.5 Å². The van der Waals surface area contributed by atoms with Gasteiger partial charge in [-0.1, -0.05) is 23.8 Å². The molecule has 2 aliphatic carbocycles. The molecule has 0 saturated heterocycles. The second-order valence-corrected chi connectivity index (χ2v) is 13.4. The van der Waals surface area contributed by atoms with Gasteiger partial charge < -0.3 is 0 Å². The summed E-state index contributed by atoms with van der Waals surface area (Å²) in [7, 11) is 0. The molecule has 0 unspecified atom stereocenters. The maximum Gasteiger partial charge on any atom is 0.163 e. The first-order valence-electron chi connectivity index (χ1n) is 14.5. The molecule has 4 aliphatic rings. The first-order chi connectivity index (χ1) is 21.9. The Morgan fingerprint density at radius 3 is 1.44 bits per heavy atom. The van der Waals surface area contributed by atoms with Gasteiger partial charge in [0.15, 0.2) is 22.6 Å². The van der Waals surface area contributed by atoms with Gasteiger partial charge in [0, 0.05) is 69.3 Å². The normalized spacial score (nSPS) is 13.1. The van der Waals surface area contributed by atoms with E-state index in [1.54, 1.807) is 0 Å². The number of rotatable bonds is 0. The third-order valence-electron chi connectivity index (χ3n) is 9.28. The lowest BCUT2D eigenvalue weighted by Gasteiger charge is -2.12. The van der Waals surface area contributed by atoms with Crippen molar-refractivity contribution in [3.05, 3.63) is 78.4 Å². The van der Waals surface area contributed by atoms with Gasteiger partial charge in [0.1, 0.15) is 0 Å². The fraction of sp³-hybridized carbons (Fsp3) is 0.0286. The molecule has 0 spiro atoms. The quantitative estimate of drug-likeness (QED) is 0.126. The number of benzene rings is 4. The molecule has 1 N–H and O–H groups in total. The Morgan fingerprint density at radius 1 is 0.467 bits per heavy atom. The molecule has 0 atom stereocenters. The van der Waals surface area contributed by atoms with Crippen LogP contribution in [0.2, 0.25) is 0 Å². The summed E-state index contributed by atoms with van der Waals surface area (Å²) in [5.74, 6) is 0. The van der Waals surface area contributed by atoms with Crippen molar-refractivity contribution >= 4 is 92.8 Å². The van der Waals surface area contributed by atoms with Gasteiger partial charge in [-0.15, -0.1) is 37.9 Å². The van der Waals surface area contributed by atoms with Crippen molar-refractivity contribution in [3.8, 4) is 45.0 Å². The van der Waals surface area contributed by atoms with Crippen LogP contribution < -0.4 is 5.53 Å². The van der Waals surface area contributed by atoms with E-state index in [4.69, 9.17) is 57.8 Å².